The van der Waals surface area contributed by atoms with Crippen molar-refractivity contribution in [3.63, 3.8) is 0 Å². The van der Waals surface area contributed by atoms with Gasteiger partial charge in [-0.15, -0.1) is 11.8 Å². The van der Waals surface area contributed by atoms with Gasteiger partial charge in [0.25, 0.3) is 5.91 Å². The number of hydrogen-bond acceptors (Lipinski definition) is 4. The third kappa shape index (κ3) is 4.23. The Balaban J connectivity index is 2.13. The van der Waals surface area contributed by atoms with E-state index < -0.39 is 0 Å². The van der Waals surface area contributed by atoms with E-state index in [0.29, 0.717) is 5.56 Å². The second kappa shape index (κ2) is 7.69. The van der Waals surface area contributed by atoms with Crippen molar-refractivity contribution in [1.29, 1.82) is 0 Å². The van der Waals surface area contributed by atoms with Crippen LogP contribution in [0.3, 0.4) is 0 Å². The Kier molecular flexibility index (Phi) is 5.63. The quantitative estimate of drug-likeness (QED) is 0.795. The summed E-state index contributed by atoms with van der Waals surface area (Å²) in [5.41, 5.74) is 1.43. The van der Waals surface area contributed by atoms with Gasteiger partial charge in [-0.1, -0.05) is 19.1 Å². The maximum absolute atomic E-state index is 12.3. The van der Waals surface area contributed by atoms with Gasteiger partial charge in [0, 0.05) is 23.2 Å². The van der Waals surface area contributed by atoms with Crippen LogP contribution in [0, 0.1) is 0 Å². The number of pyridine rings is 1. The van der Waals surface area contributed by atoms with Gasteiger partial charge in [-0.05, 0) is 36.9 Å². The van der Waals surface area contributed by atoms with Gasteiger partial charge in [0.15, 0.2) is 0 Å². The van der Waals surface area contributed by atoms with Crippen LogP contribution < -0.4 is 10.6 Å². The molecule has 1 aromatic carbocycles. The number of amides is 1. The van der Waals surface area contributed by atoms with Gasteiger partial charge in [-0.2, -0.15) is 0 Å². The molecule has 21 heavy (non-hydrogen) atoms. The first-order valence-electron chi connectivity index (χ1n) is 6.89. The molecule has 2 aromatic rings. The van der Waals surface area contributed by atoms with E-state index in [2.05, 4.69) is 22.5 Å². The molecule has 2 N–H and O–H groups in total. The first-order valence-corrected chi connectivity index (χ1v) is 8.11. The summed E-state index contributed by atoms with van der Waals surface area (Å²) in [6, 6.07) is 11.2. The van der Waals surface area contributed by atoms with Crippen LogP contribution in [0.15, 0.2) is 47.5 Å². The molecule has 0 spiro atoms. The SMILES string of the molecule is CCCNc1cc(C(=O)Nc2ccccc2SC)ccn1. The number of benzene rings is 1. The van der Waals surface area contributed by atoms with Gasteiger partial charge in [-0.25, -0.2) is 4.98 Å². The van der Waals surface area contributed by atoms with E-state index in [-0.39, 0.29) is 5.91 Å². The number of hydrogen-bond donors (Lipinski definition) is 2. The number of nitrogens with zero attached hydrogens (tertiary/aromatic N) is 1. The third-order valence-corrected chi connectivity index (χ3v) is 3.73. The first-order chi connectivity index (χ1) is 10.2. The van der Waals surface area contributed by atoms with Gasteiger partial charge < -0.3 is 10.6 Å². The summed E-state index contributed by atoms with van der Waals surface area (Å²) < 4.78 is 0. The Morgan fingerprint density at radius 1 is 1.29 bits per heavy atom. The highest BCUT2D eigenvalue weighted by molar-refractivity contribution is 7.98. The summed E-state index contributed by atoms with van der Waals surface area (Å²) in [7, 11) is 0. The van der Waals surface area contributed by atoms with Crippen molar-refractivity contribution in [2.75, 3.05) is 23.4 Å². The molecule has 1 amide bonds. The van der Waals surface area contributed by atoms with Crippen LogP contribution in [-0.2, 0) is 0 Å². The fourth-order valence-corrected chi connectivity index (χ4v) is 2.42. The van der Waals surface area contributed by atoms with Crippen LogP contribution in [0.2, 0.25) is 0 Å². The Morgan fingerprint density at radius 2 is 2.10 bits per heavy atom. The fraction of sp³-hybridized carbons (Fsp3) is 0.250. The summed E-state index contributed by atoms with van der Waals surface area (Å²) in [5.74, 6) is 0.598. The van der Waals surface area contributed by atoms with E-state index in [0.717, 1.165) is 29.4 Å². The number of anilines is 2. The predicted molar refractivity (Wildman–Crippen MR) is 89.2 cm³/mol. The summed E-state index contributed by atoms with van der Waals surface area (Å²) >= 11 is 1.61. The van der Waals surface area contributed by atoms with Crippen LogP contribution in [0.1, 0.15) is 23.7 Å². The molecular formula is C16H19N3OS. The van der Waals surface area contributed by atoms with Gasteiger partial charge in [-0.3, -0.25) is 4.79 Å². The summed E-state index contributed by atoms with van der Waals surface area (Å²) in [6.45, 7) is 2.93. The molecule has 4 nitrogen and oxygen atoms in total. The first kappa shape index (κ1) is 15.4. The van der Waals surface area contributed by atoms with E-state index in [1.54, 1.807) is 30.1 Å². The molecule has 5 heteroatoms. The molecule has 1 heterocycles. The molecule has 110 valence electrons. The molecular weight excluding hydrogens is 282 g/mol. The van der Waals surface area contributed by atoms with Crippen molar-refractivity contribution in [3.8, 4) is 0 Å². The maximum Gasteiger partial charge on any atom is 0.255 e. The molecule has 0 unspecified atom stereocenters. The van der Waals surface area contributed by atoms with Gasteiger partial charge in [0.2, 0.25) is 0 Å². The normalized spacial score (nSPS) is 10.2. The zero-order chi connectivity index (χ0) is 15.1. The van der Waals surface area contributed by atoms with Crippen molar-refractivity contribution < 1.29 is 4.79 Å². The smallest absolute Gasteiger partial charge is 0.255 e. The number of carbonyl (C=O) groups excluding carboxylic acids is 1. The minimum Gasteiger partial charge on any atom is -0.370 e. The predicted octanol–water partition coefficient (Wildman–Crippen LogP) is 3.88. The van der Waals surface area contributed by atoms with E-state index in [1.165, 1.54) is 0 Å². The number of rotatable bonds is 6. The standard InChI is InChI=1S/C16H19N3OS/c1-3-9-17-15-11-12(8-10-18-15)16(20)19-13-6-4-5-7-14(13)21-2/h4-8,10-11H,3,9H2,1-2H3,(H,17,18)(H,19,20). The molecule has 0 aliphatic heterocycles. The lowest BCUT2D eigenvalue weighted by atomic mass is 10.2. The van der Waals surface area contributed by atoms with Gasteiger partial charge in [0.1, 0.15) is 5.82 Å². The number of aromatic nitrogens is 1. The Hall–Kier alpha value is -2.01. The second-order valence-electron chi connectivity index (χ2n) is 4.51. The molecule has 0 saturated carbocycles. The minimum atomic E-state index is -0.126. The Morgan fingerprint density at radius 3 is 2.86 bits per heavy atom. The summed E-state index contributed by atoms with van der Waals surface area (Å²) in [4.78, 5) is 17.6. The van der Waals surface area contributed by atoms with Crippen molar-refractivity contribution in [1.82, 2.24) is 4.98 Å². The molecule has 0 radical (unpaired) electrons. The topological polar surface area (TPSA) is 54.0 Å². The minimum absolute atomic E-state index is 0.126. The second-order valence-corrected chi connectivity index (χ2v) is 5.36. The third-order valence-electron chi connectivity index (χ3n) is 2.93. The number of nitrogens with one attached hydrogen (secondary N) is 2. The highest BCUT2D eigenvalue weighted by atomic mass is 32.2. The summed E-state index contributed by atoms with van der Waals surface area (Å²) in [5, 5.41) is 6.13. The van der Waals surface area contributed by atoms with Crippen LogP contribution in [-0.4, -0.2) is 23.7 Å². The lowest BCUT2D eigenvalue weighted by Gasteiger charge is -2.10. The lowest BCUT2D eigenvalue weighted by Crippen LogP contribution is -2.13. The Labute approximate surface area is 129 Å². The van der Waals surface area contributed by atoms with Crippen molar-refractivity contribution in [3.05, 3.63) is 48.2 Å². The van der Waals surface area contributed by atoms with E-state index in [9.17, 15) is 4.79 Å². The molecule has 0 saturated heterocycles. The van der Waals surface area contributed by atoms with Gasteiger partial charge >= 0.3 is 0 Å². The maximum atomic E-state index is 12.3. The largest absolute Gasteiger partial charge is 0.370 e. The van der Waals surface area contributed by atoms with E-state index in [4.69, 9.17) is 0 Å². The molecule has 0 fully saturated rings. The van der Waals surface area contributed by atoms with Crippen molar-refractivity contribution in [2.45, 2.75) is 18.2 Å². The van der Waals surface area contributed by atoms with Crippen molar-refractivity contribution in [2.24, 2.45) is 0 Å². The highest BCUT2D eigenvalue weighted by Gasteiger charge is 2.09. The fourth-order valence-electron chi connectivity index (χ4n) is 1.86. The highest BCUT2D eigenvalue weighted by Crippen LogP contribution is 2.25. The average Bonchev–Trinajstić information content (AvgIpc) is 2.53. The van der Waals surface area contributed by atoms with Crippen molar-refractivity contribution >= 4 is 29.2 Å². The van der Waals surface area contributed by atoms with Crippen LogP contribution in [0.4, 0.5) is 11.5 Å². The molecule has 0 bridgehead atoms. The molecule has 2 rings (SSSR count). The van der Waals surface area contributed by atoms with E-state index >= 15 is 0 Å². The average molecular weight is 301 g/mol. The molecule has 0 aliphatic rings. The van der Waals surface area contributed by atoms with E-state index in [1.807, 2.05) is 30.5 Å². The van der Waals surface area contributed by atoms with Gasteiger partial charge in [0.05, 0.1) is 5.69 Å². The number of thioether (sulfide) groups is 1. The number of carbonyl (C=O) groups is 1. The van der Waals surface area contributed by atoms with Crippen LogP contribution >= 0.6 is 11.8 Å². The van der Waals surface area contributed by atoms with Crippen LogP contribution in [0.25, 0.3) is 0 Å². The molecule has 1 aromatic heterocycles. The molecule has 0 aliphatic carbocycles. The van der Waals surface area contributed by atoms with Crippen LogP contribution in [0.5, 0.6) is 0 Å². The Bertz CT molecular complexity index is 616. The monoisotopic (exact) mass is 301 g/mol. The molecule has 0 atom stereocenters. The lowest BCUT2D eigenvalue weighted by molar-refractivity contribution is 0.102. The zero-order valence-corrected chi connectivity index (χ0v) is 13.0. The number of para-hydroxylation sites is 1. The zero-order valence-electron chi connectivity index (χ0n) is 12.2. The summed E-state index contributed by atoms with van der Waals surface area (Å²) in [6.07, 6.45) is 4.65.